The van der Waals surface area contributed by atoms with Crippen LogP contribution < -0.4 is 0 Å². The van der Waals surface area contributed by atoms with Crippen molar-refractivity contribution in [3.63, 3.8) is 0 Å². The van der Waals surface area contributed by atoms with E-state index in [-0.39, 0.29) is 22.9 Å². The third-order valence-corrected chi connectivity index (χ3v) is 6.18. The fraction of sp³-hybridized carbons (Fsp3) is 0.308. The molecule has 2 heterocycles. The van der Waals surface area contributed by atoms with Gasteiger partial charge in [0.15, 0.2) is 0 Å². The van der Waals surface area contributed by atoms with Crippen molar-refractivity contribution in [2.75, 3.05) is 6.54 Å². The Morgan fingerprint density at radius 3 is 2.67 bits per heavy atom. The van der Waals surface area contributed by atoms with Gasteiger partial charge in [0.05, 0.1) is 17.7 Å². The van der Waals surface area contributed by atoms with Gasteiger partial charge in [0.2, 0.25) is 10.0 Å². The number of rotatable bonds is 6. The summed E-state index contributed by atoms with van der Waals surface area (Å²) in [4.78, 5) is 11.5. The van der Waals surface area contributed by atoms with Crippen LogP contribution >= 0.6 is 11.3 Å². The summed E-state index contributed by atoms with van der Waals surface area (Å²) in [5.41, 5.74) is 0. The van der Waals surface area contributed by atoms with Crippen LogP contribution in [-0.2, 0) is 16.6 Å². The molecule has 0 fully saturated rings. The SMILES string of the molecule is CCN(Cc1ccco1)S(=O)(=O)c1cc(C(=O)O)sc1C. The van der Waals surface area contributed by atoms with E-state index in [0.717, 1.165) is 11.3 Å². The number of hydrogen-bond donors (Lipinski definition) is 1. The lowest BCUT2D eigenvalue weighted by atomic mass is 10.4. The smallest absolute Gasteiger partial charge is 0.345 e. The number of hydrogen-bond acceptors (Lipinski definition) is 5. The fourth-order valence-electron chi connectivity index (χ4n) is 1.91. The highest BCUT2D eigenvalue weighted by Crippen LogP contribution is 2.29. The van der Waals surface area contributed by atoms with Crippen molar-refractivity contribution in [3.05, 3.63) is 40.0 Å². The number of thiophene rings is 1. The predicted octanol–water partition coefficient (Wildman–Crippen LogP) is 2.56. The Balaban J connectivity index is 2.37. The van der Waals surface area contributed by atoms with Crippen molar-refractivity contribution >= 4 is 27.3 Å². The van der Waals surface area contributed by atoms with Crippen LogP contribution in [0.15, 0.2) is 33.8 Å². The summed E-state index contributed by atoms with van der Waals surface area (Å²) >= 11 is 0.956. The van der Waals surface area contributed by atoms with E-state index < -0.39 is 16.0 Å². The van der Waals surface area contributed by atoms with Gasteiger partial charge < -0.3 is 9.52 Å². The van der Waals surface area contributed by atoms with Gasteiger partial charge in [-0.2, -0.15) is 4.31 Å². The van der Waals surface area contributed by atoms with Gasteiger partial charge in [0.1, 0.15) is 10.6 Å². The fourth-order valence-corrected chi connectivity index (χ4v) is 4.72. The van der Waals surface area contributed by atoms with Crippen LogP contribution in [0.1, 0.15) is 27.2 Å². The van der Waals surface area contributed by atoms with Crippen molar-refractivity contribution in [1.82, 2.24) is 4.31 Å². The molecule has 6 nitrogen and oxygen atoms in total. The average molecular weight is 329 g/mol. The predicted molar refractivity (Wildman–Crippen MR) is 78.0 cm³/mol. The first-order chi connectivity index (χ1) is 9.86. The van der Waals surface area contributed by atoms with E-state index in [1.54, 1.807) is 26.0 Å². The van der Waals surface area contributed by atoms with Crippen molar-refractivity contribution in [2.24, 2.45) is 0 Å². The summed E-state index contributed by atoms with van der Waals surface area (Å²) in [6, 6.07) is 4.60. The van der Waals surface area contributed by atoms with Crippen LogP contribution in [0, 0.1) is 6.92 Å². The van der Waals surface area contributed by atoms with E-state index in [9.17, 15) is 13.2 Å². The minimum Gasteiger partial charge on any atom is -0.477 e. The minimum atomic E-state index is -3.75. The van der Waals surface area contributed by atoms with Crippen molar-refractivity contribution in [1.29, 1.82) is 0 Å². The topological polar surface area (TPSA) is 87.8 Å². The highest BCUT2D eigenvalue weighted by molar-refractivity contribution is 7.89. The lowest BCUT2D eigenvalue weighted by molar-refractivity contribution is 0.0702. The number of carbonyl (C=O) groups is 1. The first-order valence-corrected chi connectivity index (χ1v) is 8.48. The molecule has 0 unspecified atom stereocenters. The van der Waals surface area contributed by atoms with Gasteiger partial charge in [0, 0.05) is 11.4 Å². The molecular weight excluding hydrogens is 314 g/mol. The van der Waals surface area contributed by atoms with Gasteiger partial charge >= 0.3 is 5.97 Å². The van der Waals surface area contributed by atoms with Gasteiger partial charge in [-0.3, -0.25) is 0 Å². The minimum absolute atomic E-state index is 0.0140. The maximum atomic E-state index is 12.6. The zero-order valence-electron chi connectivity index (χ0n) is 11.6. The van der Waals surface area contributed by atoms with Crippen molar-refractivity contribution < 1.29 is 22.7 Å². The molecule has 0 saturated heterocycles. The molecule has 0 amide bonds. The maximum absolute atomic E-state index is 12.6. The molecule has 2 aromatic rings. The van der Waals surface area contributed by atoms with Crippen molar-refractivity contribution in [2.45, 2.75) is 25.3 Å². The Morgan fingerprint density at radius 2 is 2.19 bits per heavy atom. The largest absolute Gasteiger partial charge is 0.477 e. The zero-order chi connectivity index (χ0) is 15.6. The van der Waals surface area contributed by atoms with Crippen LogP contribution in [0.4, 0.5) is 0 Å². The normalized spacial score (nSPS) is 12.0. The monoisotopic (exact) mass is 329 g/mol. The van der Waals surface area contributed by atoms with Gasteiger partial charge in [-0.15, -0.1) is 11.3 Å². The van der Waals surface area contributed by atoms with Gasteiger partial charge in [0.25, 0.3) is 0 Å². The third kappa shape index (κ3) is 3.17. The standard InChI is InChI=1S/C13H15NO5S2/c1-3-14(8-10-5-4-6-19-10)21(17,18)12-7-11(13(15)16)20-9(12)2/h4-7H,3,8H2,1-2H3,(H,15,16). The number of carboxylic acid groups (broad SMARTS) is 1. The molecule has 0 radical (unpaired) electrons. The molecule has 0 aliphatic carbocycles. The van der Waals surface area contributed by atoms with E-state index in [2.05, 4.69) is 0 Å². The van der Waals surface area contributed by atoms with Crippen LogP contribution in [0.2, 0.25) is 0 Å². The molecule has 21 heavy (non-hydrogen) atoms. The molecule has 0 spiro atoms. The van der Waals surface area contributed by atoms with E-state index in [1.165, 1.54) is 16.6 Å². The Bertz CT molecular complexity index is 731. The lowest BCUT2D eigenvalue weighted by Crippen LogP contribution is -2.30. The van der Waals surface area contributed by atoms with Crippen LogP contribution in [0.25, 0.3) is 0 Å². The van der Waals surface area contributed by atoms with Gasteiger partial charge in [-0.1, -0.05) is 6.92 Å². The molecule has 2 rings (SSSR count). The van der Waals surface area contributed by atoms with Crippen molar-refractivity contribution in [3.8, 4) is 0 Å². The first kappa shape index (κ1) is 15.7. The molecule has 0 aliphatic rings. The second-order valence-electron chi connectivity index (χ2n) is 4.35. The molecule has 0 saturated carbocycles. The van der Waals surface area contributed by atoms with Gasteiger partial charge in [-0.05, 0) is 25.1 Å². The summed E-state index contributed by atoms with van der Waals surface area (Å²) < 4.78 is 31.7. The summed E-state index contributed by atoms with van der Waals surface area (Å²) in [7, 11) is -3.75. The number of aryl methyl sites for hydroxylation is 1. The number of aromatic carboxylic acids is 1. The highest BCUT2D eigenvalue weighted by Gasteiger charge is 2.28. The molecule has 1 N–H and O–H groups in total. The summed E-state index contributed by atoms with van der Waals surface area (Å²) in [5, 5.41) is 8.98. The van der Waals surface area contributed by atoms with E-state index in [0.29, 0.717) is 10.6 Å². The number of carboxylic acids is 1. The third-order valence-electron chi connectivity index (χ3n) is 2.97. The highest BCUT2D eigenvalue weighted by atomic mass is 32.2. The average Bonchev–Trinajstić information content (AvgIpc) is 3.04. The van der Waals surface area contributed by atoms with E-state index >= 15 is 0 Å². The molecule has 0 aliphatic heterocycles. The van der Waals surface area contributed by atoms with Gasteiger partial charge in [-0.25, -0.2) is 13.2 Å². The first-order valence-electron chi connectivity index (χ1n) is 6.22. The molecule has 114 valence electrons. The molecular formula is C13H15NO5S2. The second kappa shape index (κ2) is 6.00. The Hall–Kier alpha value is -1.64. The number of sulfonamides is 1. The second-order valence-corrected chi connectivity index (χ2v) is 7.51. The Kier molecular flexibility index (Phi) is 4.50. The van der Waals surface area contributed by atoms with Crippen LogP contribution in [-0.4, -0.2) is 30.3 Å². The molecule has 0 atom stereocenters. The van der Waals surface area contributed by atoms with Crippen LogP contribution in [0.3, 0.4) is 0 Å². The van der Waals surface area contributed by atoms with Crippen LogP contribution in [0.5, 0.6) is 0 Å². The molecule has 0 bridgehead atoms. The molecule has 0 aromatic carbocycles. The number of furan rings is 1. The molecule has 8 heteroatoms. The summed E-state index contributed by atoms with van der Waals surface area (Å²) in [6.45, 7) is 3.70. The summed E-state index contributed by atoms with van der Waals surface area (Å²) in [6.07, 6.45) is 1.48. The Morgan fingerprint density at radius 1 is 1.48 bits per heavy atom. The number of nitrogens with zero attached hydrogens (tertiary/aromatic N) is 1. The van der Waals surface area contributed by atoms with E-state index in [4.69, 9.17) is 9.52 Å². The van der Waals surface area contributed by atoms with E-state index in [1.807, 2.05) is 0 Å². The Labute approximate surface area is 126 Å². The maximum Gasteiger partial charge on any atom is 0.345 e. The zero-order valence-corrected chi connectivity index (χ0v) is 13.2. The summed E-state index contributed by atoms with van der Waals surface area (Å²) in [5.74, 6) is -0.592. The lowest BCUT2D eigenvalue weighted by Gasteiger charge is -2.19. The molecule has 2 aromatic heterocycles. The quantitative estimate of drug-likeness (QED) is 0.880.